The van der Waals surface area contributed by atoms with Crippen molar-refractivity contribution in [1.29, 1.82) is 0 Å². The van der Waals surface area contributed by atoms with Crippen LogP contribution in [-0.4, -0.2) is 59.4 Å². The Labute approximate surface area is 178 Å². The highest BCUT2D eigenvalue weighted by atomic mass is 32.2. The monoisotopic (exact) mass is 409 g/mol. The van der Waals surface area contributed by atoms with Gasteiger partial charge in [0.15, 0.2) is 0 Å². The molecule has 2 saturated heterocycles. The van der Waals surface area contributed by atoms with Gasteiger partial charge >= 0.3 is 0 Å². The van der Waals surface area contributed by atoms with Gasteiger partial charge in [0.25, 0.3) is 5.91 Å². The molecular formula is C24H31N3OS. The lowest BCUT2D eigenvalue weighted by Gasteiger charge is -2.43. The highest BCUT2D eigenvalue weighted by Gasteiger charge is 2.40. The van der Waals surface area contributed by atoms with Gasteiger partial charge in [-0.3, -0.25) is 9.69 Å². The first kappa shape index (κ1) is 20.3. The molecule has 0 radical (unpaired) electrons. The Morgan fingerprint density at radius 1 is 0.931 bits per heavy atom. The molecule has 2 aromatic rings. The van der Waals surface area contributed by atoms with E-state index in [1.54, 1.807) is 0 Å². The van der Waals surface area contributed by atoms with Gasteiger partial charge < -0.3 is 10.2 Å². The van der Waals surface area contributed by atoms with Gasteiger partial charge in [-0.2, -0.15) is 11.8 Å². The molecule has 0 bridgehead atoms. The molecule has 5 heteroatoms. The molecule has 2 heterocycles. The van der Waals surface area contributed by atoms with Crippen molar-refractivity contribution < 1.29 is 4.79 Å². The Bertz CT molecular complexity index is 786. The minimum atomic E-state index is -0.781. The predicted molar refractivity (Wildman–Crippen MR) is 122 cm³/mol. The van der Waals surface area contributed by atoms with Crippen molar-refractivity contribution in [2.45, 2.75) is 31.3 Å². The lowest BCUT2D eigenvalue weighted by atomic mass is 9.88. The molecule has 1 amide bonds. The fourth-order valence-corrected chi connectivity index (χ4v) is 5.46. The van der Waals surface area contributed by atoms with Gasteiger partial charge in [-0.05, 0) is 37.5 Å². The number of amides is 1. The third-order valence-electron chi connectivity index (χ3n) is 6.26. The molecule has 0 aromatic heterocycles. The third kappa shape index (κ3) is 4.62. The summed E-state index contributed by atoms with van der Waals surface area (Å²) >= 11 is 2.06. The maximum Gasteiger partial charge on any atom is 0.252 e. The number of thioether (sulfide) groups is 1. The van der Waals surface area contributed by atoms with E-state index >= 15 is 0 Å². The molecule has 2 aromatic carbocycles. The predicted octanol–water partition coefficient (Wildman–Crippen LogP) is 4.05. The van der Waals surface area contributed by atoms with E-state index in [0.29, 0.717) is 6.04 Å². The van der Waals surface area contributed by atoms with Crippen molar-refractivity contribution in [3.8, 4) is 0 Å². The minimum absolute atomic E-state index is 0.167. The number of para-hydroxylation sites is 1. The topological polar surface area (TPSA) is 35.6 Å². The minimum Gasteiger partial charge on any atom is -0.368 e. The van der Waals surface area contributed by atoms with Crippen LogP contribution in [-0.2, 0) is 10.3 Å². The molecule has 29 heavy (non-hydrogen) atoms. The Balaban J connectivity index is 1.50. The number of hydrogen-bond donors (Lipinski definition) is 1. The van der Waals surface area contributed by atoms with E-state index in [4.69, 9.17) is 0 Å². The molecule has 2 fully saturated rings. The molecule has 0 spiro atoms. The van der Waals surface area contributed by atoms with E-state index in [0.717, 1.165) is 37.2 Å². The second-order valence-electron chi connectivity index (χ2n) is 8.15. The first-order valence-corrected chi connectivity index (χ1v) is 11.8. The van der Waals surface area contributed by atoms with Crippen molar-refractivity contribution in [3.05, 3.63) is 66.2 Å². The Hall–Kier alpha value is -1.98. The average Bonchev–Trinajstić information content (AvgIpc) is 2.80. The lowest BCUT2D eigenvalue weighted by Crippen LogP contribution is -2.55. The van der Waals surface area contributed by atoms with E-state index in [-0.39, 0.29) is 5.91 Å². The van der Waals surface area contributed by atoms with E-state index in [2.05, 4.69) is 26.9 Å². The van der Waals surface area contributed by atoms with Gasteiger partial charge in [0, 0.05) is 49.4 Å². The van der Waals surface area contributed by atoms with Gasteiger partial charge in [0.2, 0.25) is 0 Å². The van der Waals surface area contributed by atoms with Crippen LogP contribution in [0.4, 0.5) is 5.69 Å². The second-order valence-corrected chi connectivity index (χ2v) is 9.38. The fraction of sp³-hybridized carbons (Fsp3) is 0.458. The molecule has 1 N–H and O–H groups in total. The van der Waals surface area contributed by atoms with Crippen LogP contribution in [0.1, 0.15) is 25.3 Å². The number of anilines is 1. The highest BCUT2D eigenvalue weighted by molar-refractivity contribution is 7.99. The summed E-state index contributed by atoms with van der Waals surface area (Å²) in [6, 6.07) is 20.8. The van der Waals surface area contributed by atoms with Crippen molar-refractivity contribution in [3.63, 3.8) is 0 Å². The molecule has 2 aliphatic heterocycles. The summed E-state index contributed by atoms with van der Waals surface area (Å²) in [4.78, 5) is 18.5. The summed E-state index contributed by atoms with van der Waals surface area (Å²) < 4.78 is 0. The zero-order chi connectivity index (χ0) is 20.1. The zero-order valence-electron chi connectivity index (χ0n) is 17.2. The van der Waals surface area contributed by atoms with Crippen LogP contribution < -0.4 is 5.32 Å². The van der Waals surface area contributed by atoms with Gasteiger partial charge in [0.05, 0.1) is 0 Å². The number of piperidine rings is 1. The highest BCUT2D eigenvalue weighted by Crippen LogP contribution is 2.30. The number of carbonyl (C=O) groups excluding carboxylic acids is 1. The quantitative estimate of drug-likeness (QED) is 0.808. The molecule has 2 aliphatic rings. The van der Waals surface area contributed by atoms with E-state index < -0.39 is 5.54 Å². The van der Waals surface area contributed by atoms with Gasteiger partial charge in [-0.25, -0.2) is 0 Å². The van der Waals surface area contributed by atoms with Crippen molar-refractivity contribution in [2.75, 3.05) is 43.0 Å². The van der Waals surface area contributed by atoms with Crippen LogP contribution in [0.25, 0.3) is 0 Å². The molecule has 0 saturated carbocycles. The van der Waals surface area contributed by atoms with Crippen LogP contribution in [0.15, 0.2) is 60.7 Å². The number of rotatable bonds is 5. The number of likely N-dealkylation sites (tertiary alicyclic amines) is 1. The summed E-state index contributed by atoms with van der Waals surface area (Å²) in [5.74, 6) is 2.65. The van der Waals surface area contributed by atoms with Gasteiger partial charge in [-0.15, -0.1) is 0 Å². The van der Waals surface area contributed by atoms with Crippen molar-refractivity contribution in [2.24, 2.45) is 0 Å². The summed E-state index contributed by atoms with van der Waals surface area (Å²) in [6.45, 7) is 6.09. The average molecular weight is 410 g/mol. The first-order chi connectivity index (χ1) is 14.2. The molecule has 1 atom stereocenters. The largest absolute Gasteiger partial charge is 0.368 e. The van der Waals surface area contributed by atoms with Crippen LogP contribution in [0.2, 0.25) is 0 Å². The number of hydrogen-bond acceptors (Lipinski definition) is 4. The summed E-state index contributed by atoms with van der Waals surface area (Å²) in [5, 5.41) is 3.54. The number of nitrogens with one attached hydrogen (secondary N) is 1. The molecule has 1 unspecified atom stereocenters. The van der Waals surface area contributed by atoms with Crippen molar-refractivity contribution >= 4 is 23.4 Å². The van der Waals surface area contributed by atoms with Gasteiger partial charge in [-0.1, -0.05) is 48.5 Å². The van der Waals surface area contributed by atoms with E-state index in [9.17, 15) is 4.79 Å². The summed E-state index contributed by atoms with van der Waals surface area (Å²) in [5.41, 5.74) is 1.19. The number of nitrogens with zero attached hydrogens (tertiary/aromatic N) is 2. The number of carbonyl (C=O) groups is 1. The van der Waals surface area contributed by atoms with E-state index in [1.807, 2.05) is 67.6 Å². The van der Waals surface area contributed by atoms with E-state index in [1.165, 1.54) is 24.6 Å². The Kier molecular flexibility index (Phi) is 6.46. The second kappa shape index (κ2) is 9.23. The number of benzene rings is 2. The maximum atomic E-state index is 13.8. The standard InChI is InChI=1S/C24H31N3OS/c1-24(20-8-4-2-5-9-20,25-21-10-6-3-7-11-21)23(28)27-14-12-22(13-15-27)26-16-18-29-19-17-26/h2-11,22,25H,12-19H2,1H3. The summed E-state index contributed by atoms with van der Waals surface area (Å²) in [6.07, 6.45) is 2.15. The smallest absolute Gasteiger partial charge is 0.252 e. The third-order valence-corrected chi connectivity index (χ3v) is 7.20. The van der Waals surface area contributed by atoms with Crippen LogP contribution >= 0.6 is 11.8 Å². The van der Waals surface area contributed by atoms with Crippen LogP contribution in [0.3, 0.4) is 0 Å². The molecular weight excluding hydrogens is 378 g/mol. The molecule has 4 nitrogen and oxygen atoms in total. The molecule has 154 valence electrons. The van der Waals surface area contributed by atoms with Crippen LogP contribution in [0.5, 0.6) is 0 Å². The lowest BCUT2D eigenvalue weighted by molar-refractivity contribution is -0.137. The first-order valence-electron chi connectivity index (χ1n) is 10.7. The normalized spacial score (nSPS) is 20.8. The Morgan fingerprint density at radius 3 is 2.14 bits per heavy atom. The summed E-state index contributed by atoms with van der Waals surface area (Å²) in [7, 11) is 0. The van der Waals surface area contributed by atoms with Crippen molar-refractivity contribution in [1.82, 2.24) is 9.80 Å². The van der Waals surface area contributed by atoms with Crippen LogP contribution in [0, 0.1) is 0 Å². The Morgan fingerprint density at radius 2 is 1.52 bits per heavy atom. The van der Waals surface area contributed by atoms with Gasteiger partial charge in [0.1, 0.15) is 5.54 Å². The molecule has 0 aliphatic carbocycles. The SMILES string of the molecule is CC(Nc1ccccc1)(C(=O)N1CCC(N2CCSCC2)CC1)c1ccccc1. The zero-order valence-corrected chi connectivity index (χ0v) is 18.0. The molecule has 4 rings (SSSR count). The maximum absolute atomic E-state index is 13.8. The fourth-order valence-electron chi connectivity index (χ4n) is 4.52.